The number of carbonyl (C=O) groups is 1. The van der Waals surface area contributed by atoms with Crippen LogP contribution in [-0.2, 0) is 14.8 Å². The van der Waals surface area contributed by atoms with Crippen molar-refractivity contribution in [3.8, 4) is 0 Å². The molecule has 1 amide bonds. The van der Waals surface area contributed by atoms with E-state index in [1.165, 1.54) is 0 Å². The zero-order chi connectivity index (χ0) is 21.9. The van der Waals surface area contributed by atoms with Crippen molar-refractivity contribution in [2.24, 2.45) is 0 Å². The summed E-state index contributed by atoms with van der Waals surface area (Å²) in [7, 11) is -2.14. The number of rotatable bonds is 7. The number of pyridine rings is 1. The monoisotopic (exact) mass is 439 g/mol. The average Bonchev–Trinajstić information content (AvgIpc) is 3.21. The molecule has 0 spiro atoms. The van der Waals surface area contributed by atoms with Crippen LogP contribution < -0.4 is 4.72 Å². The Morgan fingerprint density at radius 1 is 1.16 bits per heavy atom. The molecule has 1 aliphatic rings. The fourth-order valence-electron chi connectivity index (χ4n) is 4.02. The molecule has 1 fully saturated rings. The second-order valence-corrected chi connectivity index (χ2v) is 9.51. The molecule has 0 saturated carbocycles. The number of nitrogens with zero attached hydrogens (tertiary/aromatic N) is 2. The van der Waals surface area contributed by atoms with Gasteiger partial charge in [-0.2, -0.15) is 0 Å². The number of benzene rings is 2. The predicted molar refractivity (Wildman–Crippen MR) is 118 cm³/mol. The number of carbonyl (C=O) groups excluding carboxylic acids is 1. The van der Waals surface area contributed by atoms with Gasteiger partial charge >= 0.3 is 0 Å². The molecule has 2 aromatic carbocycles. The summed E-state index contributed by atoms with van der Waals surface area (Å²) in [5, 5.41) is 0.892. The molecule has 1 N–H and O–H groups in total. The van der Waals surface area contributed by atoms with E-state index in [-0.39, 0.29) is 17.3 Å². The number of amides is 1. The Kier molecular flexibility index (Phi) is 6.04. The molecule has 162 valence electrons. The van der Waals surface area contributed by atoms with Crippen LogP contribution in [0.25, 0.3) is 10.9 Å². The Morgan fingerprint density at radius 2 is 1.97 bits per heavy atom. The first kappa shape index (κ1) is 21.4. The van der Waals surface area contributed by atoms with E-state index in [4.69, 9.17) is 4.74 Å². The summed E-state index contributed by atoms with van der Waals surface area (Å²) < 4.78 is 34.1. The van der Waals surface area contributed by atoms with E-state index in [0.29, 0.717) is 31.6 Å². The lowest BCUT2D eigenvalue weighted by Crippen LogP contribution is -2.51. The Labute approximate surface area is 182 Å². The van der Waals surface area contributed by atoms with Gasteiger partial charge < -0.3 is 9.64 Å². The van der Waals surface area contributed by atoms with Gasteiger partial charge in [0.25, 0.3) is 5.91 Å². The smallest absolute Gasteiger partial charge is 0.253 e. The molecule has 8 heteroatoms. The van der Waals surface area contributed by atoms with Gasteiger partial charge in [0.2, 0.25) is 10.0 Å². The third-order valence-corrected chi connectivity index (χ3v) is 7.27. The van der Waals surface area contributed by atoms with E-state index in [9.17, 15) is 13.2 Å². The molecule has 1 atom stereocenters. The highest BCUT2D eigenvalue weighted by atomic mass is 32.2. The van der Waals surface area contributed by atoms with Crippen LogP contribution in [0.15, 0.2) is 71.8 Å². The number of methoxy groups -OCH3 is 1. The van der Waals surface area contributed by atoms with Crippen LogP contribution >= 0.6 is 0 Å². The van der Waals surface area contributed by atoms with E-state index in [0.717, 1.165) is 10.9 Å². The highest BCUT2D eigenvalue weighted by Crippen LogP contribution is 2.29. The minimum atomic E-state index is -3.73. The standard InChI is InChI=1S/C23H25N3O4S/c1-30-15-12-23(25-31(28,29)20-7-3-2-4-8-20)11-14-26(17-23)22(27)19-9-10-21-18(16-19)6-5-13-24-21/h2-10,13,16,25H,11-12,14-15,17H2,1H3. The Morgan fingerprint density at radius 3 is 2.74 bits per heavy atom. The highest BCUT2D eigenvalue weighted by Gasteiger charge is 2.43. The van der Waals surface area contributed by atoms with Crippen molar-refractivity contribution in [3.05, 3.63) is 72.4 Å². The molecule has 1 aliphatic heterocycles. The molecule has 1 saturated heterocycles. The lowest BCUT2D eigenvalue weighted by atomic mass is 9.96. The topological polar surface area (TPSA) is 88.6 Å². The van der Waals surface area contributed by atoms with E-state index < -0.39 is 15.6 Å². The summed E-state index contributed by atoms with van der Waals surface area (Å²) in [5.74, 6) is -0.121. The number of aromatic nitrogens is 1. The molecule has 4 rings (SSSR count). The fourth-order valence-corrected chi connectivity index (χ4v) is 5.49. The molecular weight excluding hydrogens is 414 g/mol. The van der Waals surface area contributed by atoms with Gasteiger partial charge in [-0.1, -0.05) is 24.3 Å². The van der Waals surface area contributed by atoms with Crippen molar-refractivity contribution in [1.29, 1.82) is 0 Å². The fraction of sp³-hybridized carbons (Fsp3) is 0.304. The van der Waals surface area contributed by atoms with Crippen molar-refractivity contribution in [3.63, 3.8) is 0 Å². The molecule has 0 bridgehead atoms. The lowest BCUT2D eigenvalue weighted by molar-refractivity contribution is 0.0775. The maximum absolute atomic E-state index is 13.2. The number of fused-ring (bicyclic) bond motifs is 1. The van der Waals surface area contributed by atoms with Gasteiger partial charge in [-0.25, -0.2) is 13.1 Å². The van der Waals surface area contributed by atoms with Gasteiger partial charge in [0.15, 0.2) is 0 Å². The minimum Gasteiger partial charge on any atom is -0.385 e. The van der Waals surface area contributed by atoms with Crippen LogP contribution in [-0.4, -0.2) is 56.6 Å². The number of likely N-dealkylation sites (tertiary alicyclic amines) is 1. The van der Waals surface area contributed by atoms with E-state index in [1.54, 1.807) is 54.6 Å². The van der Waals surface area contributed by atoms with Crippen LogP contribution in [0.3, 0.4) is 0 Å². The molecular formula is C23H25N3O4S. The predicted octanol–water partition coefficient (Wildman–Crippen LogP) is 2.83. The molecule has 1 unspecified atom stereocenters. The Balaban J connectivity index is 1.57. The van der Waals surface area contributed by atoms with Gasteiger partial charge in [-0.3, -0.25) is 9.78 Å². The molecule has 0 aliphatic carbocycles. The third-order valence-electron chi connectivity index (χ3n) is 5.68. The third kappa shape index (κ3) is 4.61. The number of hydrogen-bond donors (Lipinski definition) is 1. The second-order valence-electron chi connectivity index (χ2n) is 7.83. The zero-order valence-corrected chi connectivity index (χ0v) is 18.1. The molecule has 3 aromatic rings. The Bertz CT molecular complexity index is 1180. The second kappa shape index (κ2) is 8.74. The van der Waals surface area contributed by atoms with Crippen molar-refractivity contribution in [2.75, 3.05) is 26.8 Å². The first-order chi connectivity index (χ1) is 14.9. The van der Waals surface area contributed by atoms with Gasteiger partial charge in [0.05, 0.1) is 16.0 Å². The maximum atomic E-state index is 13.2. The first-order valence-electron chi connectivity index (χ1n) is 10.1. The number of nitrogens with one attached hydrogen (secondary N) is 1. The summed E-state index contributed by atoms with van der Waals surface area (Å²) in [6.07, 6.45) is 2.71. The van der Waals surface area contributed by atoms with Crippen LogP contribution in [0.4, 0.5) is 0 Å². The van der Waals surface area contributed by atoms with Gasteiger partial charge in [-0.05, 0) is 49.2 Å². The number of hydrogen-bond acceptors (Lipinski definition) is 5. The van der Waals surface area contributed by atoms with Crippen LogP contribution in [0.2, 0.25) is 0 Å². The number of sulfonamides is 1. The van der Waals surface area contributed by atoms with Crippen LogP contribution in [0.1, 0.15) is 23.2 Å². The van der Waals surface area contributed by atoms with Crippen molar-refractivity contribution >= 4 is 26.8 Å². The summed E-state index contributed by atoms with van der Waals surface area (Å²) in [4.78, 5) is 19.4. The zero-order valence-electron chi connectivity index (χ0n) is 17.3. The largest absolute Gasteiger partial charge is 0.385 e. The van der Waals surface area contributed by atoms with Crippen LogP contribution in [0, 0.1) is 0 Å². The van der Waals surface area contributed by atoms with Gasteiger partial charge in [0.1, 0.15) is 0 Å². The quantitative estimate of drug-likeness (QED) is 0.612. The van der Waals surface area contributed by atoms with Crippen molar-refractivity contribution in [2.45, 2.75) is 23.3 Å². The van der Waals surface area contributed by atoms with Crippen molar-refractivity contribution < 1.29 is 17.9 Å². The summed E-state index contributed by atoms with van der Waals surface area (Å²) in [5.41, 5.74) is 0.609. The van der Waals surface area contributed by atoms with Crippen molar-refractivity contribution in [1.82, 2.24) is 14.6 Å². The molecule has 0 radical (unpaired) electrons. The average molecular weight is 440 g/mol. The van der Waals surface area contributed by atoms with Gasteiger partial charge in [0, 0.05) is 44.0 Å². The normalized spacial score (nSPS) is 19.1. The SMILES string of the molecule is COCCC1(NS(=O)(=O)c2ccccc2)CCN(C(=O)c2ccc3ncccc3c2)C1. The van der Waals surface area contributed by atoms with Crippen LogP contribution in [0.5, 0.6) is 0 Å². The number of ether oxygens (including phenoxy) is 1. The summed E-state index contributed by atoms with van der Waals surface area (Å²) >= 11 is 0. The summed E-state index contributed by atoms with van der Waals surface area (Å²) in [6, 6.07) is 17.4. The van der Waals surface area contributed by atoms with Gasteiger partial charge in [-0.15, -0.1) is 0 Å². The minimum absolute atomic E-state index is 0.121. The molecule has 7 nitrogen and oxygen atoms in total. The molecule has 2 heterocycles. The van der Waals surface area contributed by atoms with E-state index in [2.05, 4.69) is 9.71 Å². The summed E-state index contributed by atoms with van der Waals surface area (Å²) in [6.45, 7) is 1.14. The van der Waals surface area contributed by atoms with E-state index in [1.807, 2.05) is 24.3 Å². The first-order valence-corrected chi connectivity index (χ1v) is 11.6. The molecule has 1 aromatic heterocycles. The van der Waals surface area contributed by atoms with E-state index >= 15 is 0 Å². The highest BCUT2D eigenvalue weighted by molar-refractivity contribution is 7.89. The lowest BCUT2D eigenvalue weighted by Gasteiger charge is -2.30. The maximum Gasteiger partial charge on any atom is 0.253 e. The molecule has 31 heavy (non-hydrogen) atoms. The Hall–Kier alpha value is -2.81.